The van der Waals surface area contributed by atoms with Crippen molar-refractivity contribution in [3.05, 3.63) is 17.5 Å². The molecule has 1 aromatic rings. The van der Waals surface area contributed by atoms with Gasteiger partial charge in [0.2, 0.25) is 5.91 Å². The molecule has 2 N–H and O–H groups in total. The Labute approximate surface area is 111 Å². The summed E-state index contributed by atoms with van der Waals surface area (Å²) in [6.45, 7) is 2.23. The Bertz CT molecular complexity index is 418. The van der Waals surface area contributed by atoms with Crippen molar-refractivity contribution in [3.63, 3.8) is 0 Å². The van der Waals surface area contributed by atoms with Crippen LogP contribution < -0.4 is 10.9 Å². The first kappa shape index (κ1) is 13.1. The molecule has 0 unspecified atom stereocenters. The molecular formula is C12H17ClN4O. The molecule has 0 atom stereocenters. The van der Waals surface area contributed by atoms with Crippen molar-refractivity contribution in [3.8, 4) is 0 Å². The van der Waals surface area contributed by atoms with E-state index in [9.17, 15) is 4.79 Å². The van der Waals surface area contributed by atoms with E-state index in [1.807, 2.05) is 0 Å². The summed E-state index contributed by atoms with van der Waals surface area (Å²) in [5.41, 5.74) is 5.36. The molecular weight excluding hydrogens is 252 g/mol. The van der Waals surface area contributed by atoms with Gasteiger partial charge in [-0.2, -0.15) is 0 Å². The fraction of sp³-hybridized carbons (Fsp3) is 0.583. The fourth-order valence-corrected chi connectivity index (χ4v) is 2.30. The highest BCUT2D eigenvalue weighted by molar-refractivity contribution is 6.31. The molecule has 1 fully saturated rings. The number of anilines is 1. The minimum Gasteiger partial charge on any atom is -0.279 e. The number of hydrogen-bond acceptors (Lipinski definition) is 4. The number of amides is 1. The number of carbonyl (C=O) groups excluding carboxylic acids is 1. The zero-order valence-electron chi connectivity index (χ0n) is 10.3. The molecule has 1 saturated carbocycles. The molecule has 1 aromatic heterocycles. The van der Waals surface area contributed by atoms with Crippen molar-refractivity contribution in [1.29, 1.82) is 0 Å². The van der Waals surface area contributed by atoms with Crippen molar-refractivity contribution in [2.75, 3.05) is 5.43 Å². The molecule has 1 amide bonds. The molecule has 0 spiro atoms. The molecule has 2 rings (SSSR count). The monoisotopic (exact) mass is 268 g/mol. The van der Waals surface area contributed by atoms with Crippen LogP contribution >= 0.6 is 11.6 Å². The summed E-state index contributed by atoms with van der Waals surface area (Å²) in [7, 11) is 0. The van der Waals surface area contributed by atoms with Gasteiger partial charge in [-0.15, -0.1) is 0 Å². The van der Waals surface area contributed by atoms with Gasteiger partial charge < -0.3 is 0 Å². The van der Waals surface area contributed by atoms with E-state index >= 15 is 0 Å². The van der Waals surface area contributed by atoms with E-state index in [2.05, 4.69) is 27.7 Å². The standard InChI is InChI=1S/C12H17ClN4O/c1-8-2-4-9(5-3-8)12(18)17-16-11-10(13)14-6-7-15-11/h6-9H,2-5H2,1H3,(H,15,16)(H,17,18). The number of halogens is 1. The molecule has 0 saturated heterocycles. The molecule has 5 nitrogen and oxygen atoms in total. The maximum absolute atomic E-state index is 11.9. The zero-order valence-corrected chi connectivity index (χ0v) is 11.1. The number of rotatable bonds is 3. The van der Waals surface area contributed by atoms with Crippen molar-refractivity contribution in [2.45, 2.75) is 32.6 Å². The number of carbonyl (C=O) groups is 1. The molecule has 98 valence electrons. The van der Waals surface area contributed by atoms with Crippen LogP contribution in [0.15, 0.2) is 12.4 Å². The van der Waals surface area contributed by atoms with Crippen LogP contribution in [0.4, 0.5) is 5.82 Å². The summed E-state index contributed by atoms with van der Waals surface area (Å²) < 4.78 is 0. The zero-order chi connectivity index (χ0) is 13.0. The van der Waals surface area contributed by atoms with Crippen LogP contribution in [-0.2, 0) is 4.79 Å². The first-order valence-electron chi connectivity index (χ1n) is 6.19. The summed E-state index contributed by atoms with van der Waals surface area (Å²) in [6, 6.07) is 0. The van der Waals surface area contributed by atoms with Crippen molar-refractivity contribution in [2.24, 2.45) is 11.8 Å². The van der Waals surface area contributed by atoms with Gasteiger partial charge in [-0.1, -0.05) is 18.5 Å². The van der Waals surface area contributed by atoms with Crippen LogP contribution in [0.5, 0.6) is 0 Å². The van der Waals surface area contributed by atoms with Gasteiger partial charge in [-0.25, -0.2) is 9.97 Å². The van der Waals surface area contributed by atoms with Crippen molar-refractivity contribution in [1.82, 2.24) is 15.4 Å². The van der Waals surface area contributed by atoms with Gasteiger partial charge in [-0.3, -0.25) is 15.6 Å². The molecule has 6 heteroatoms. The third kappa shape index (κ3) is 3.32. The lowest BCUT2D eigenvalue weighted by atomic mass is 9.83. The minimum absolute atomic E-state index is 0.00335. The van der Waals surface area contributed by atoms with Gasteiger partial charge in [0.15, 0.2) is 11.0 Å². The first-order chi connectivity index (χ1) is 8.66. The molecule has 0 aromatic carbocycles. The average molecular weight is 269 g/mol. The van der Waals surface area contributed by atoms with E-state index in [-0.39, 0.29) is 17.0 Å². The molecule has 0 aliphatic heterocycles. The van der Waals surface area contributed by atoms with Gasteiger partial charge >= 0.3 is 0 Å². The van der Waals surface area contributed by atoms with Gasteiger partial charge in [0.1, 0.15) is 0 Å². The number of hydrogen-bond donors (Lipinski definition) is 2. The van der Waals surface area contributed by atoms with E-state index < -0.39 is 0 Å². The van der Waals surface area contributed by atoms with Crippen LogP contribution in [0.3, 0.4) is 0 Å². The fourth-order valence-electron chi connectivity index (χ4n) is 2.15. The molecule has 18 heavy (non-hydrogen) atoms. The Hall–Kier alpha value is -1.36. The maximum Gasteiger partial charge on any atom is 0.241 e. The van der Waals surface area contributed by atoms with E-state index in [0.717, 1.165) is 31.6 Å². The second-order valence-corrected chi connectivity index (χ2v) is 5.12. The van der Waals surface area contributed by atoms with Gasteiger partial charge in [0.25, 0.3) is 0 Å². The minimum atomic E-state index is 0.00335. The second-order valence-electron chi connectivity index (χ2n) is 4.77. The van der Waals surface area contributed by atoms with E-state index in [4.69, 9.17) is 11.6 Å². The maximum atomic E-state index is 11.9. The smallest absolute Gasteiger partial charge is 0.241 e. The van der Waals surface area contributed by atoms with Crippen LogP contribution in [0.2, 0.25) is 5.15 Å². The first-order valence-corrected chi connectivity index (χ1v) is 6.57. The van der Waals surface area contributed by atoms with Crippen LogP contribution in [-0.4, -0.2) is 15.9 Å². The Morgan fingerprint density at radius 3 is 2.61 bits per heavy atom. The third-order valence-electron chi connectivity index (χ3n) is 3.34. The van der Waals surface area contributed by atoms with Gasteiger partial charge in [0.05, 0.1) is 0 Å². The largest absolute Gasteiger partial charge is 0.279 e. The lowest BCUT2D eigenvalue weighted by molar-refractivity contribution is -0.125. The Balaban J connectivity index is 1.83. The van der Waals surface area contributed by atoms with E-state index in [0.29, 0.717) is 5.82 Å². The highest BCUT2D eigenvalue weighted by Crippen LogP contribution is 2.28. The molecule has 1 aliphatic rings. The third-order valence-corrected chi connectivity index (χ3v) is 3.62. The predicted molar refractivity (Wildman–Crippen MR) is 69.9 cm³/mol. The lowest BCUT2D eigenvalue weighted by Gasteiger charge is -2.25. The number of nitrogens with one attached hydrogen (secondary N) is 2. The number of hydrazine groups is 1. The van der Waals surface area contributed by atoms with E-state index in [1.54, 1.807) is 0 Å². The summed E-state index contributed by atoms with van der Waals surface area (Å²) in [4.78, 5) is 19.8. The molecule has 1 heterocycles. The number of nitrogens with zero attached hydrogens (tertiary/aromatic N) is 2. The highest BCUT2D eigenvalue weighted by Gasteiger charge is 2.24. The molecule has 0 bridgehead atoms. The van der Waals surface area contributed by atoms with Crippen LogP contribution in [0.25, 0.3) is 0 Å². The normalized spacial score (nSPS) is 23.4. The predicted octanol–water partition coefficient (Wildman–Crippen LogP) is 2.40. The average Bonchev–Trinajstić information content (AvgIpc) is 2.38. The second kappa shape index (κ2) is 6.00. The molecule has 1 aliphatic carbocycles. The number of aromatic nitrogens is 2. The van der Waals surface area contributed by atoms with Gasteiger partial charge in [-0.05, 0) is 31.6 Å². The Kier molecular flexibility index (Phi) is 4.36. The van der Waals surface area contributed by atoms with Crippen molar-refractivity contribution < 1.29 is 4.79 Å². The summed E-state index contributed by atoms with van der Waals surface area (Å²) >= 11 is 5.83. The SMILES string of the molecule is CC1CCC(C(=O)NNc2nccnc2Cl)CC1. The molecule has 0 radical (unpaired) electrons. The Morgan fingerprint density at radius 1 is 1.28 bits per heavy atom. The van der Waals surface area contributed by atoms with Gasteiger partial charge in [0, 0.05) is 18.3 Å². The Morgan fingerprint density at radius 2 is 1.94 bits per heavy atom. The summed E-state index contributed by atoms with van der Waals surface area (Å²) in [6.07, 6.45) is 7.14. The van der Waals surface area contributed by atoms with Crippen LogP contribution in [0, 0.1) is 11.8 Å². The summed E-state index contributed by atoms with van der Waals surface area (Å²) in [5, 5.41) is 0.245. The lowest BCUT2D eigenvalue weighted by Crippen LogP contribution is -2.37. The van der Waals surface area contributed by atoms with Crippen molar-refractivity contribution >= 4 is 23.3 Å². The van der Waals surface area contributed by atoms with E-state index in [1.165, 1.54) is 12.4 Å². The van der Waals surface area contributed by atoms with Crippen LogP contribution in [0.1, 0.15) is 32.6 Å². The summed E-state index contributed by atoms with van der Waals surface area (Å²) in [5.74, 6) is 1.20. The quantitative estimate of drug-likeness (QED) is 0.826. The highest BCUT2D eigenvalue weighted by atomic mass is 35.5. The topological polar surface area (TPSA) is 66.9 Å².